The number of aryl methyl sites for hydroxylation is 1. The molecule has 0 N–H and O–H groups in total. The first-order valence-electron chi connectivity index (χ1n) is 6.84. The van der Waals surface area contributed by atoms with E-state index in [2.05, 4.69) is 9.97 Å². The molecule has 23 heavy (non-hydrogen) atoms. The molecule has 0 aromatic carbocycles. The lowest BCUT2D eigenvalue weighted by Crippen LogP contribution is -2.13. The highest BCUT2D eigenvalue weighted by Crippen LogP contribution is 2.14. The van der Waals surface area contributed by atoms with Crippen molar-refractivity contribution in [2.45, 2.75) is 38.3 Å². The molecule has 0 radical (unpaired) electrons. The summed E-state index contributed by atoms with van der Waals surface area (Å²) in [5.41, 5.74) is 0.295. The van der Waals surface area contributed by atoms with E-state index in [9.17, 15) is 22.0 Å². The van der Waals surface area contributed by atoms with Crippen LogP contribution in [0.5, 0.6) is 0 Å². The second kappa shape index (κ2) is 8.09. The number of unbranched alkanes of at least 4 members (excludes halogenated alkanes) is 1. The van der Waals surface area contributed by atoms with E-state index in [-0.39, 0.29) is 35.0 Å². The van der Waals surface area contributed by atoms with Gasteiger partial charge in [-0.25, -0.2) is 23.2 Å². The van der Waals surface area contributed by atoms with Gasteiger partial charge in [0.1, 0.15) is 0 Å². The Bertz CT molecular complexity index is 713. The van der Waals surface area contributed by atoms with E-state index in [1.54, 1.807) is 0 Å². The summed E-state index contributed by atoms with van der Waals surface area (Å²) in [5, 5.41) is -0.359. The number of rotatable bonds is 7. The number of sulfone groups is 1. The second-order valence-electron chi connectivity index (χ2n) is 5.06. The maximum atomic E-state index is 12.2. The average molecular weight is 348 g/mol. The van der Waals surface area contributed by atoms with E-state index in [4.69, 9.17) is 4.74 Å². The third-order valence-electron chi connectivity index (χ3n) is 3.01. The molecule has 0 amide bonds. The molecular formula is C14H18F2N2O4S. The molecule has 0 fully saturated rings. The number of allylic oxidation sites excluding steroid dienone is 1. The van der Waals surface area contributed by atoms with Crippen LogP contribution in [0.25, 0.3) is 0 Å². The average Bonchev–Trinajstić information content (AvgIpc) is 2.45. The van der Waals surface area contributed by atoms with Gasteiger partial charge in [-0.3, -0.25) is 0 Å². The van der Waals surface area contributed by atoms with Crippen LogP contribution in [0.1, 0.15) is 42.2 Å². The molecule has 0 unspecified atom stereocenters. The number of hydrogen-bond acceptors (Lipinski definition) is 6. The van der Waals surface area contributed by atoms with Crippen LogP contribution in [-0.4, -0.2) is 37.2 Å². The Morgan fingerprint density at radius 2 is 1.96 bits per heavy atom. The molecule has 9 heteroatoms. The summed E-state index contributed by atoms with van der Waals surface area (Å²) in [6.07, 6.45) is 1.55. The third kappa shape index (κ3) is 6.01. The highest BCUT2D eigenvalue weighted by atomic mass is 32.2. The zero-order valence-corrected chi connectivity index (χ0v) is 13.9. The monoisotopic (exact) mass is 348 g/mol. The number of esters is 1. The normalized spacial score (nSPS) is 11.2. The quantitative estimate of drug-likeness (QED) is 0.428. The van der Waals surface area contributed by atoms with Crippen LogP contribution in [0.15, 0.2) is 23.0 Å². The van der Waals surface area contributed by atoms with Gasteiger partial charge in [-0.15, -0.1) is 0 Å². The number of nitrogens with zero attached hydrogens (tertiary/aromatic N) is 2. The first-order valence-corrected chi connectivity index (χ1v) is 8.73. The maximum Gasteiger partial charge on any atom is 0.341 e. The third-order valence-corrected chi connectivity index (χ3v) is 3.87. The fourth-order valence-corrected chi connectivity index (χ4v) is 2.20. The van der Waals surface area contributed by atoms with Gasteiger partial charge in [0.05, 0.1) is 17.9 Å². The summed E-state index contributed by atoms with van der Waals surface area (Å²) in [6.45, 7) is 2.91. The van der Waals surface area contributed by atoms with Gasteiger partial charge in [-0.2, -0.15) is 8.78 Å². The van der Waals surface area contributed by atoms with Gasteiger partial charge in [0.2, 0.25) is 15.0 Å². The smallest absolute Gasteiger partial charge is 0.341 e. The second-order valence-corrected chi connectivity index (χ2v) is 6.97. The minimum Gasteiger partial charge on any atom is -0.462 e. The Morgan fingerprint density at radius 1 is 1.30 bits per heavy atom. The van der Waals surface area contributed by atoms with E-state index in [1.165, 1.54) is 13.8 Å². The van der Waals surface area contributed by atoms with Crippen molar-refractivity contribution in [3.63, 3.8) is 0 Å². The van der Waals surface area contributed by atoms with Crippen molar-refractivity contribution in [3.8, 4) is 0 Å². The van der Waals surface area contributed by atoms with Crippen molar-refractivity contribution in [3.05, 3.63) is 29.1 Å². The van der Waals surface area contributed by atoms with Crippen LogP contribution in [0.3, 0.4) is 0 Å². The summed E-state index contributed by atoms with van der Waals surface area (Å²) in [4.78, 5) is 19.2. The van der Waals surface area contributed by atoms with E-state index in [1.807, 2.05) is 0 Å². The minimum atomic E-state index is -3.55. The standard InChI is InChI=1S/C14H18F2N2O4S/c1-9(12(15)16)6-4-5-7-22-13(19)11-8-17-14(18-10(11)2)23(3,20)21/h8H,4-7H2,1-3H3. The fourth-order valence-electron chi connectivity index (χ4n) is 1.65. The number of ether oxygens (including phenoxy) is 1. The van der Waals surface area contributed by atoms with Gasteiger partial charge in [0, 0.05) is 12.5 Å². The number of hydrogen-bond donors (Lipinski definition) is 0. The fraction of sp³-hybridized carbons (Fsp3) is 0.500. The highest BCUT2D eigenvalue weighted by Gasteiger charge is 2.17. The predicted molar refractivity (Wildman–Crippen MR) is 78.9 cm³/mol. The van der Waals surface area contributed by atoms with Crippen molar-refractivity contribution in [1.82, 2.24) is 9.97 Å². The molecule has 1 aromatic rings. The molecule has 128 valence electrons. The molecule has 0 bridgehead atoms. The molecule has 0 saturated carbocycles. The molecule has 1 rings (SSSR count). The summed E-state index contributed by atoms with van der Waals surface area (Å²) >= 11 is 0. The highest BCUT2D eigenvalue weighted by molar-refractivity contribution is 7.90. The molecule has 0 aliphatic rings. The minimum absolute atomic E-state index is 0.0249. The summed E-state index contributed by atoms with van der Waals surface area (Å²) in [5.74, 6) is -0.675. The lowest BCUT2D eigenvalue weighted by molar-refractivity contribution is 0.0496. The van der Waals surface area contributed by atoms with Crippen LogP contribution in [0.2, 0.25) is 0 Å². The molecule has 6 nitrogen and oxygen atoms in total. The largest absolute Gasteiger partial charge is 0.462 e. The van der Waals surface area contributed by atoms with Gasteiger partial charge < -0.3 is 4.74 Å². The van der Waals surface area contributed by atoms with Crippen molar-refractivity contribution in [2.24, 2.45) is 0 Å². The first-order chi connectivity index (χ1) is 10.6. The van der Waals surface area contributed by atoms with Gasteiger partial charge in [-0.1, -0.05) is 0 Å². The molecule has 0 spiro atoms. The van der Waals surface area contributed by atoms with Gasteiger partial charge in [-0.05, 0) is 38.7 Å². The van der Waals surface area contributed by atoms with Gasteiger partial charge in [0.25, 0.3) is 6.08 Å². The Labute approximate surface area is 133 Å². The van der Waals surface area contributed by atoms with Crippen LogP contribution < -0.4 is 0 Å². The van der Waals surface area contributed by atoms with Crippen molar-refractivity contribution >= 4 is 15.8 Å². The number of carbonyl (C=O) groups is 1. The van der Waals surface area contributed by atoms with Crippen LogP contribution in [-0.2, 0) is 14.6 Å². The Hall–Kier alpha value is -1.90. The summed E-state index contributed by atoms with van der Waals surface area (Å²) in [7, 11) is -3.55. The van der Waals surface area contributed by atoms with Crippen LogP contribution in [0.4, 0.5) is 8.78 Å². The van der Waals surface area contributed by atoms with Crippen LogP contribution >= 0.6 is 0 Å². The predicted octanol–water partition coefficient (Wildman–Crippen LogP) is 2.69. The van der Waals surface area contributed by atoms with Gasteiger partial charge >= 0.3 is 5.97 Å². The van der Waals surface area contributed by atoms with Gasteiger partial charge in [0.15, 0.2) is 0 Å². The Balaban J connectivity index is 2.55. The van der Waals surface area contributed by atoms with Crippen molar-refractivity contribution in [1.29, 1.82) is 0 Å². The summed E-state index contributed by atoms with van der Waals surface area (Å²) in [6, 6.07) is 0. The topological polar surface area (TPSA) is 86.2 Å². The molecule has 1 aromatic heterocycles. The zero-order chi connectivity index (χ0) is 17.6. The molecule has 1 heterocycles. The lowest BCUT2D eigenvalue weighted by atomic mass is 10.1. The first kappa shape index (κ1) is 19.1. The van der Waals surface area contributed by atoms with E-state index < -0.39 is 21.9 Å². The van der Waals surface area contributed by atoms with Crippen molar-refractivity contribution in [2.75, 3.05) is 12.9 Å². The molecule has 0 saturated heterocycles. The van der Waals surface area contributed by atoms with Crippen LogP contribution in [0, 0.1) is 6.92 Å². The van der Waals surface area contributed by atoms with E-state index >= 15 is 0 Å². The Morgan fingerprint density at radius 3 is 2.48 bits per heavy atom. The zero-order valence-electron chi connectivity index (χ0n) is 13.1. The SMILES string of the molecule is CC(CCCCOC(=O)c1cnc(S(C)(=O)=O)nc1C)=C(F)F. The lowest BCUT2D eigenvalue weighted by Gasteiger charge is -2.07. The number of carbonyl (C=O) groups excluding carboxylic acids is 1. The molecule has 0 atom stereocenters. The molecule has 0 aliphatic heterocycles. The molecular weight excluding hydrogens is 330 g/mol. The molecule has 0 aliphatic carbocycles. The van der Waals surface area contributed by atoms with E-state index in [0.29, 0.717) is 12.8 Å². The maximum absolute atomic E-state index is 12.2. The Kier molecular flexibility index (Phi) is 6.74. The van der Waals surface area contributed by atoms with Crippen molar-refractivity contribution < 1.29 is 26.7 Å². The number of halogens is 2. The number of aromatic nitrogens is 2. The van der Waals surface area contributed by atoms with E-state index in [0.717, 1.165) is 12.5 Å². The summed E-state index contributed by atoms with van der Waals surface area (Å²) < 4.78 is 52.0.